The van der Waals surface area contributed by atoms with Crippen LogP contribution in [0.15, 0.2) is 18.2 Å². The fraction of sp³-hybridized carbons (Fsp3) is 0.625. The van der Waals surface area contributed by atoms with Crippen molar-refractivity contribution in [3.05, 3.63) is 23.8 Å². The van der Waals surface area contributed by atoms with Crippen LogP contribution in [0.2, 0.25) is 0 Å². The Bertz CT molecular complexity index is 494. The van der Waals surface area contributed by atoms with Gasteiger partial charge in [0, 0.05) is 22.3 Å². The summed E-state index contributed by atoms with van der Waals surface area (Å²) in [5.41, 5.74) is 1.24. The molecule has 0 bridgehead atoms. The van der Waals surface area contributed by atoms with Crippen molar-refractivity contribution < 1.29 is 13.7 Å². The molecule has 1 unspecified atom stereocenters. The largest absolute Gasteiger partial charge is 0.493 e. The third-order valence-electron chi connectivity index (χ3n) is 4.34. The summed E-state index contributed by atoms with van der Waals surface area (Å²) in [4.78, 5) is 0. The molecular formula is C16H22O3S. The van der Waals surface area contributed by atoms with E-state index >= 15 is 0 Å². The van der Waals surface area contributed by atoms with Crippen molar-refractivity contribution in [2.24, 2.45) is 0 Å². The SMILES string of the molecule is COc1ccc([C@@H]2CCS(=O)C2)cc1OC1CCCC1. The first-order chi connectivity index (χ1) is 9.76. The molecule has 0 aromatic heterocycles. The van der Waals surface area contributed by atoms with E-state index in [1.807, 2.05) is 6.07 Å². The van der Waals surface area contributed by atoms with E-state index < -0.39 is 10.8 Å². The fourth-order valence-electron chi connectivity index (χ4n) is 3.15. The molecule has 0 radical (unpaired) electrons. The molecule has 2 aliphatic rings. The van der Waals surface area contributed by atoms with Crippen LogP contribution in [-0.4, -0.2) is 28.9 Å². The molecule has 3 nitrogen and oxygen atoms in total. The van der Waals surface area contributed by atoms with E-state index in [2.05, 4.69) is 12.1 Å². The van der Waals surface area contributed by atoms with Crippen molar-refractivity contribution in [1.82, 2.24) is 0 Å². The second-order valence-electron chi connectivity index (χ2n) is 5.73. The van der Waals surface area contributed by atoms with E-state index in [9.17, 15) is 4.21 Å². The van der Waals surface area contributed by atoms with E-state index in [-0.39, 0.29) is 0 Å². The zero-order valence-electron chi connectivity index (χ0n) is 12.0. The highest BCUT2D eigenvalue weighted by Crippen LogP contribution is 2.36. The molecule has 1 aliphatic carbocycles. The highest BCUT2D eigenvalue weighted by molar-refractivity contribution is 7.85. The third-order valence-corrected chi connectivity index (χ3v) is 5.80. The average molecular weight is 294 g/mol. The minimum absolute atomic E-state index is 0.330. The first-order valence-electron chi connectivity index (χ1n) is 7.46. The minimum atomic E-state index is -0.643. The highest BCUT2D eigenvalue weighted by Gasteiger charge is 2.24. The summed E-state index contributed by atoms with van der Waals surface area (Å²) in [5.74, 6) is 3.69. The molecule has 1 aromatic carbocycles. The lowest BCUT2D eigenvalue weighted by Crippen LogP contribution is -2.12. The molecule has 2 fully saturated rings. The second kappa shape index (κ2) is 6.17. The Hall–Kier alpha value is -1.03. The monoisotopic (exact) mass is 294 g/mol. The molecule has 1 aliphatic heterocycles. The summed E-state index contributed by atoms with van der Waals surface area (Å²) < 4.78 is 23.1. The third kappa shape index (κ3) is 3.00. The molecule has 110 valence electrons. The summed E-state index contributed by atoms with van der Waals surface area (Å²) in [5, 5.41) is 0. The summed E-state index contributed by atoms with van der Waals surface area (Å²) in [6.07, 6.45) is 6.14. The maximum Gasteiger partial charge on any atom is 0.161 e. The van der Waals surface area contributed by atoms with Crippen molar-refractivity contribution in [1.29, 1.82) is 0 Å². The predicted octanol–water partition coefficient (Wildman–Crippen LogP) is 3.25. The van der Waals surface area contributed by atoms with Crippen LogP contribution in [0.1, 0.15) is 43.6 Å². The van der Waals surface area contributed by atoms with E-state index in [0.29, 0.717) is 12.0 Å². The molecular weight excluding hydrogens is 272 g/mol. The van der Waals surface area contributed by atoms with Crippen LogP contribution < -0.4 is 9.47 Å². The van der Waals surface area contributed by atoms with Crippen LogP contribution in [0.25, 0.3) is 0 Å². The van der Waals surface area contributed by atoms with Gasteiger partial charge in [-0.3, -0.25) is 4.21 Å². The van der Waals surface area contributed by atoms with Gasteiger partial charge in [0.15, 0.2) is 11.5 Å². The standard InChI is InChI=1S/C16H22O3S/c1-18-15-7-6-12(13-8-9-20(17)11-13)10-16(15)19-14-4-2-3-5-14/h6-7,10,13-14H,2-5,8-9,11H2,1H3/t13-,20?/m1/s1. The van der Waals surface area contributed by atoms with E-state index in [1.54, 1.807) is 7.11 Å². The lowest BCUT2D eigenvalue weighted by molar-refractivity contribution is 0.200. The molecule has 1 saturated carbocycles. The molecule has 0 spiro atoms. The maximum absolute atomic E-state index is 11.6. The topological polar surface area (TPSA) is 35.5 Å². The summed E-state index contributed by atoms with van der Waals surface area (Å²) in [6.45, 7) is 0. The number of rotatable bonds is 4. The van der Waals surface area contributed by atoms with Gasteiger partial charge < -0.3 is 9.47 Å². The maximum atomic E-state index is 11.6. The molecule has 0 amide bonds. The second-order valence-corrected chi connectivity index (χ2v) is 7.35. The van der Waals surface area contributed by atoms with Crippen LogP contribution in [-0.2, 0) is 10.8 Å². The zero-order valence-corrected chi connectivity index (χ0v) is 12.8. The van der Waals surface area contributed by atoms with Gasteiger partial charge in [-0.25, -0.2) is 0 Å². The van der Waals surface area contributed by atoms with E-state index in [1.165, 1.54) is 18.4 Å². The highest BCUT2D eigenvalue weighted by atomic mass is 32.2. The van der Waals surface area contributed by atoms with Crippen molar-refractivity contribution >= 4 is 10.8 Å². The molecule has 3 rings (SSSR count). The van der Waals surface area contributed by atoms with Crippen LogP contribution in [0.5, 0.6) is 11.5 Å². The first-order valence-corrected chi connectivity index (χ1v) is 8.94. The fourth-order valence-corrected chi connectivity index (χ4v) is 4.67. The molecule has 1 heterocycles. The van der Waals surface area contributed by atoms with Crippen LogP contribution in [0.3, 0.4) is 0 Å². The normalized spacial score (nSPS) is 26.9. The van der Waals surface area contributed by atoms with Gasteiger partial charge >= 0.3 is 0 Å². The number of hydrogen-bond donors (Lipinski definition) is 0. The van der Waals surface area contributed by atoms with Crippen LogP contribution in [0, 0.1) is 0 Å². The van der Waals surface area contributed by atoms with Gasteiger partial charge in [-0.1, -0.05) is 6.07 Å². The Labute approximate surface area is 123 Å². The Kier molecular flexibility index (Phi) is 4.29. The Morgan fingerprint density at radius 1 is 1.15 bits per heavy atom. The van der Waals surface area contributed by atoms with Gasteiger partial charge in [-0.05, 0) is 55.7 Å². The minimum Gasteiger partial charge on any atom is -0.493 e. The Morgan fingerprint density at radius 2 is 1.95 bits per heavy atom. The molecule has 20 heavy (non-hydrogen) atoms. The number of methoxy groups -OCH3 is 1. The van der Waals surface area contributed by atoms with Crippen molar-refractivity contribution in [2.75, 3.05) is 18.6 Å². The van der Waals surface area contributed by atoms with Gasteiger partial charge in [-0.2, -0.15) is 0 Å². The van der Waals surface area contributed by atoms with Gasteiger partial charge in [0.1, 0.15) is 0 Å². The molecule has 4 heteroatoms. The Balaban J connectivity index is 1.80. The smallest absolute Gasteiger partial charge is 0.161 e. The van der Waals surface area contributed by atoms with Gasteiger partial charge in [0.25, 0.3) is 0 Å². The lowest BCUT2D eigenvalue weighted by Gasteiger charge is -2.18. The average Bonchev–Trinajstić information content (AvgIpc) is 3.10. The zero-order chi connectivity index (χ0) is 13.9. The molecule has 1 aromatic rings. The lowest BCUT2D eigenvalue weighted by atomic mass is 9.98. The summed E-state index contributed by atoms with van der Waals surface area (Å²) in [7, 11) is 1.04. The van der Waals surface area contributed by atoms with Gasteiger partial charge in [-0.15, -0.1) is 0 Å². The number of hydrogen-bond acceptors (Lipinski definition) is 3. The van der Waals surface area contributed by atoms with Crippen molar-refractivity contribution in [3.8, 4) is 11.5 Å². The van der Waals surface area contributed by atoms with Crippen LogP contribution >= 0.6 is 0 Å². The van der Waals surface area contributed by atoms with Gasteiger partial charge in [0.05, 0.1) is 13.2 Å². The van der Waals surface area contributed by atoms with E-state index in [0.717, 1.165) is 42.3 Å². The number of ether oxygens (including phenoxy) is 2. The molecule has 0 N–H and O–H groups in total. The van der Waals surface area contributed by atoms with Crippen molar-refractivity contribution in [2.45, 2.75) is 44.1 Å². The number of benzene rings is 1. The van der Waals surface area contributed by atoms with E-state index in [4.69, 9.17) is 9.47 Å². The van der Waals surface area contributed by atoms with Gasteiger partial charge in [0.2, 0.25) is 0 Å². The quantitative estimate of drug-likeness (QED) is 0.855. The van der Waals surface area contributed by atoms with Crippen molar-refractivity contribution in [3.63, 3.8) is 0 Å². The first kappa shape index (κ1) is 13.9. The predicted molar refractivity (Wildman–Crippen MR) is 81.1 cm³/mol. The summed E-state index contributed by atoms with van der Waals surface area (Å²) in [6, 6.07) is 6.18. The molecule has 1 saturated heterocycles. The summed E-state index contributed by atoms with van der Waals surface area (Å²) >= 11 is 0. The Morgan fingerprint density at radius 3 is 2.60 bits per heavy atom. The van der Waals surface area contributed by atoms with Crippen LogP contribution in [0.4, 0.5) is 0 Å². The molecule has 2 atom stereocenters.